The van der Waals surface area contributed by atoms with Crippen molar-refractivity contribution in [2.45, 2.75) is 25.9 Å². The Balaban J connectivity index is 2.87. The molecule has 1 aromatic carbocycles. The zero-order chi connectivity index (χ0) is 11.5. The van der Waals surface area contributed by atoms with Crippen molar-refractivity contribution in [3.05, 3.63) is 29.8 Å². The van der Waals surface area contributed by atoms with Crippen molar-refractivity contribution in [2.75, 3.05) is 0 Å². The normalized spacial score (nSPS) is 11.2. The summed E-state index contributed by atoms with van der Waals surface area (Å²) in [5, 5.41) is 8.23. The van der Waals surface area contributed by atoms with E-state index in [9.17, 15) is 8.78 Å². The number of hydrogen-bond donors (Lipinski definition) is 0. The Morgan fingerprint density at radius 1 is 1.27 bits per heavy atom. The zero-order valence-electron chi connectivity index (χ0n) is 8.50. The molecule has 0 atom stereocenters. The molecule has 0 unspecified atom stereocenters. The summed E-state index contributed by atoms with van der Waals surface area (Å²) in [5.41, 5.74) is -0.318. The van der Waals surface area contributed by atoms with Gasteiger partial charge < -0.3 is 4.74 Å². The van der Waals surface area contributed by atoms with Gasteiger partial charge in [-0.2, -0.15) is 14.0 Å². The van der Waals surface area contributed by atoms with Gasteiger partial charge in [0.1, 0.15) is 11.8 Å². The van der Waals surface area contributed by atoms with Crippen LogP contribution in [-0.2, 0) is 5.92 Å². The molecule has 0 fully saturated rings. The Kier molecular flexibility index (Phi) is 3.25. The third-order valence-corrected chi connectivity index (χ3v) is 1.73. The summed E-state index contributed by atoms with van der Waals surface area (Å²) < 4.78 is 31.0. The second-order valence-electron chi connectivity index (χ2n) is 3.38. The third-order valence-electron chi connectivity index (χ3n) is 1.73. The smallest absolute Gasteiger partial charge is 0.357 e. The van der Waals surface area contributed by atoms with E-state index in [-0.39, 0.29) is 11.7 Å². The number of nitrogens with zero attached hydrogens (tertiary/aromatic N) is 1. The molecule has 0 heterocycles. The molecule has 15 heavy (non-hydrogen) atoms. The Morgan fingerprint density at radius 3 is 2.20 bits per heavy atom. The minimum atomic E-state index is -3.43. The highest BCUT2D eigenvalue weighted by molar-refractivity contribution is 5.32. The van der Waals surface area contributed by atoms with E-state index in [1.807, 2.05) is 13.8 Å². The predicted octanol–water partition coefficient (Wildman–Crippen LogP) is 3.09. The number of nitriles is 1. The van der Waals surface area contributed by atoms with Crippen molar-refractivity contribution < 1.29 is 13.5 Å². The van der Waals surface area contributed by atoms with Gasteiger partial charge in [-0.25, -0.2) is 0 Å². The molecule has 0 bridgehead atoms. The highest BCUT2D eigenvalue weighted by atomic mass is 19.3. The van der Waals surface area contributed by atoms with Crippen LogP contribution in [0.5, 0.6) is 5.75 Å². The second-order valence-corrected chi connectivity index (χ2v) is 3.38. The van der Waals surface area contributed by atoms with Crippen LogP contribution in [-0.4, -0.2) is 6.10 Å². The van der Waals surface area contributed by atoms with Crippen molar-refractivity contribution in [3.63, 3.8) is 0 Å². The lowest BCUT2D eigenvalue weighted by Crippen LogP contribution is -2.10. The molecule has 0 aliphatic carbocycles. The van der Waals surface area contributed by atoms with Crippen LogP contribution in [0.25, 0.3) is 0 Å². The number of halogens is 2. The fourth-order valence-electron chi connectivity index (χ4n) is 1.08. The van der Waals surface area contributed by atoms with E-state index in [1.54, 1.807) is 0 Å². The summed E-state index contributed by atoms with van der Waals surface area (Å²) in [7, 11) is 0. The van der Waals surface area contributed by atoms with Gasteiger partial charge in [-0.1, -0.05) is 0 Å². The van der Waals surface area contributed by atoms with Crippen LogP contribution in [0.3, 0.4) is 0 Å². The number of benzene rings is 1. The molecule has 0 aliphatic heterocycles. The lowest BCUT2D eigenvalue weighted by molar-refractivity contribution is 0.0612. The van der Waals surface area contributed by atoms with Crippen molar-refractivity contribution in [2.24, 2.45) is 0 Å². The quantitative estimate of drug-likeness (QED) is 0.769. The van der Waals surface area contributed by atoms with E-state index >= 15 is 0 Å². The summed E-state index contributed by atoms with van der Waals surface area (Å²) in [6.45, 7) is 3.69. The van der Waals surface area contributed by atoms with Gasteiger partial charge in [0.25, 0.3) is 0 Å². The molecule has 4 heteroatoms. The predicted molar refractivity (Wildman–Crippen MR) is 51.7 cm³/mol. The highest BCUT2D eigenvalue weighted by Crippen LogP contribution is 2.28. The van der Waals surface area contributed by atoms with E-state index < -0.39 is 5.92 Å². The molecular weight excluding hydrogens is 200 g/mol. The summed E-state index contributed by atoms with van der Waals surface area (Å²) >= 11 is 0. The van der Waals surface area contributed by atoms with E-state index in [1.165, 1.54) is 24.3 Å². The molecule has 0 saturated carbocycles. The fraction of sp³-hybridized carbons (Fsp3) is 0.364. The second kappa shape index (κ2) is 4.26. The van der Waals surface area contributed by atoms with Gasteiger partial charge in [0.2, 0.25) is 0 Å². The molecule has 0 spiro atoms. The molecule has 0 aromatic heterocycles. The third kappa shape index (κ3) is 2.91. The Bertz CT molecular complexity index is 365. The van der Waals surface area contributed by atoms with E-state index in [0.29, 0.717) is 5.75 Å². The Morgan fingerprint density at radius 2 is 1.80 bits per heavy atom. The van der Waals surface area contributed by atoms with Crippen LogP contribution in [0.15, 0.2) is 24.3 Å². The van der Waals surface area contributed by atoms with Crippen molar-refractivity contribution in [1.82, 2.24) is 0 Å². The van der Waals surface area contributed by atoms with Crippen molar-refractivity contribution >= 4 is 0 Å². The van der Waals surface area contributed by atoms with E-state index in [4.69, 9.17) is 10.00 Å². The van der Waals surface area contributed by atoms with Gasteiger partial charge in [0.15, 0.2) is 0 Å². The monoisotopic (exact) mass is 211 g/mol. The van der Waals surface area contributed by atoms with Crippen LogP contribution in [0, 0.1) is 11.3 Å². The first kappa shape index (κ1) is 11.4. The summed E-state index contributed by atoms with van der Waals surface area (Å²) in [6.07, 6.45) is -0.00710. The number of alkyl halides is 2. The van der Waals surface area contributed by atoms with Gasteiger partial charge in [-0.3, -0.25) is 0 Å². The lowest BCUT2D eigenvalue weighted by Gasteiger charge is -2.11. The van der Waals surface area contributed by atoms with Crippen LogP contribution >= 0.6 is 0 Å². The summed E-state index contributed by atoms with van der Waals surface area (Å²) in [6, 6.07) is 6.20. The maximum atomic E-state index is 12.9. The van der Waals surface area contributed by atoms with Gasteiger partial charge in [-0.05, 0) is 38.1 Å². The molecule has 0 aliphatic rings. The van der Waals surface area contributed by atoms with Gasteiger partial charge in [-0.15, -0.1) is 0 Å². The van der Waals surface area contributed by atoms with E-state index in [2.05, 4.69) is 0 Å². The molecule has 80 valence electrons. The molecule has 0 saturated heterocycles. The minimum Gasteiger partial charge on any atom is -0.491 e. The summed E-state index contributed by atoms with van der Waals surface area (Å²) in [4.78, 5) is 0. The van der Waals surface area contributed by atoms with Crippen LogP contribution in [0.1, 0.15) is 19.4 Å². The molecule has 0 N–H and O–H groups in total. The minimum absolute atomic E-state index is 0.00710. The average Bonchev–Trinajstić information content (AvgIpc) is 2.18. The molecule has 0 amide bonds. The van der Waals surface area contributed by atoms with Crippen molar-refractivity contribution in [1.29, 1.82) is 5.26 Å². The van der Waals surface area contributed by atoms with Gasteiger partial charge >= 0.3 is 5.92 Å². The number of ether oxygens (including phenoxy) is 1. The standard InChI is InChI=1S/C11H11F2NO/c1-8(2)15-10-5-3-9(4-6-10)11(12,13)7-14/h3-6,8H,1-2H3. The van der Waals surface area contributed by atoms with Crippen LogP contribution in [0.4, 0.5) is 8.78 Å². The lowest BCUT2D eigenvalue weighted by atomic mass is 10.1. The molecular formula is C11H11F2NO. The zero-order valence-corrected chi connectivity index (χ0v) is 8.50. The molecule has 0 radical (unpaired) electrons. The highest BCUT2D eigenvalue weighted by Gasteiger charge is 2.30. The number of rotatable bonds is 3. The SMILES string of the molecule is CC(C)Oc1ccc(C(F)(F)C#N)cc1. The average molecular weight is 211 g/mol. The van der Waals surface area contributed by atoms with Gasteiger partial charge in [0.05, 0.1) is 6.10 Å². The molecule has 1 rings (SSSR count). The van der Waals surface area contributed by atoms with Crippen LogP contribution in [0.2, 0.25) is 0 Å². The largest absolute Gasteiger partial charge is 0.491 e. The van der Waals surface area contributed by atoms with Crippen LogP contribution < -0.4 is 4.74 Å². The maximum absolute atomic E-state index is 12.9. The number of hydrogen-bond acceptors (Lipinski definition) is 2. The molecule has 2 nitrogen and oxygen atoms in total. The first-order valence-electron chi connectivity index (χ1n) is 4.52. The maximum Gasteiger partial charge on any atom is 0.357 e. The Hall–Kier alpha value is -1.63. The first-order valence-corrected chi connectivity index (χ1v) is 4.52. The first-order chi connectivity index (χ1) is 6.95. The summed E-state index contributed by atoms with van der Waals surface area (Å²) in [5.74, 6) is -2.92. The van der Waals surface area contributed by atoms with Gasteiger partial charge in [0, 0.05) is 5.56 Å². The fourth-order valence-corrected chi connectivity index (χ4v) is 1.08. The topological polar surface area (TPSA) is 33.0 Å². The van der Waals surface area contributed by atoms with Crippen molar-refractivity contribution in [3.8, 4) is 11.8 Å². The Labute approximate surface area is 87.1 Å². The van der Waals surface area contributed by atoms with E-state index in [0.717, 1.165) is 6.07 Å². The molecule has 1 aromatic rings.